The highest BCUT2D eigenvalue weighted by Gasteiger charge is 2.28. The van der Waals surface area contributed by atoms with Crippen molar-refractivity contribution in [3.63, 3.8) is 0 Å². The monoisotopic (exact) mass is 513 g/mol. The summed E-state index contributed by atoms with van der Waals surface area (Å²) >= 11 is 1.39. The van der Waals surface area contributed by atoms with Gasteiger partial charge in [-0.1, -0.05) is 11.3 Å². The topological polar surface area (TPSA) is 128 Å². The summed E-state index contributed by atoms with van der Waals surface area (Å²) in [4.78, 5) is 32.9. The highest BCUT2D eigenvalue weighted by Crippen LogP contribution is 2.41. The maximum absolute atomic E-state index is 13.2. The minimum atomic E-state index is -0.413. The molecule has 1 unspecified atom stereocenters. The Labute approximate surface area is 211 Å². The van der Waals surface area contributed by atoms with Crippen molar-refractivity contribution in [3.05, 3.63) is 34.5 Å². The fourth-order valence-corrected chi connectivity index (χ4v) is 5.40. The van der Waals surface area contributed by atoms with Gasteiger partial charge in [0.25, 0.3) is 11.8 Å². The maximum Gasteiger partial charge on any atom is 0.272 e. The van der Waals surface area contributed by atoms with Crippen molar-refractivity contribution in [2.75, 3.05) is 39.8 Å². The number of ether oxygens (including phenoxy) is 4. The Hall–Kier alpha value is -3.64. The van der Waals surface area contributed by atoms with Gasteiger partial charge < -0.3 is 23.8 Å². The zero-order valence-electron chi connectivity index (χ0n) is 20.3. The van der Waals surface area contributed by atoms with Gasteiger partial charge >= 0.3 is 0 Å². The Morgan fingerprint density at radius 1 is 1.17 bits per heavy atom. The SMILES string of the molecule is COc1cc(-c2cc(C(=O)N3CCc4nc(NC(=O)C5CCCO5)sc4C3)[nH]n2)cc(OC)c1OC. The molecule has 0 saturated carbocycles. The molecule has 4 heterocycles. The number of hydrogen-bond donors (Lipinski definition) is 2. The summed E-state index contributed by atoms with van der Waals surface area (Å²) in [6, 6.07) is 5.27. The van der Waals surface area contributed by atoms with E-state index >= 15 is 0 Å². The lowest BCUT2D eigenvalue weighted by atomic mass is 10.1. The van der Waals surface area contributed by atoms with Crippen LogP contribution in [-0.2, 0) is 22.5 Å². The van der Waals surface area contributed by atoms with Crippen LogP contribution in [0, 0.1) is 0 Å². The van der Waals surface area contributed by atoms with Gasteiger partial charge in [0.15, 0.2) is 16.6 Å². The van der Waals surface area contributed by atoms with Crippen LogP contribution in [0.1, 0.15) is 33.9 Å². The first kappa shape index (κ1) is 24.1. The molecule has 1 fully saturated rings. The number of benzene rings is 1. The molecule has 5 rings (SSSR count). The van der Waals surface area contributed by atoms with E-state index in [2.05, 4.69) is 20.5 Å². The van der Waals surface area contributed by atoms with Crippen molar-refractivity contribution in [3.8, 4) is 28.5 Å². The zero-order valence-corrected chi connectivity index (χ0v) is 21.1. The lowest BCUT2D eigenvalue weighted by Gasteiger charge is -2.25. The number of H-pyrrole nitrogens is 1. The third kappa shape index (κ3) is 4.61. The minimum Gasteiger partial charge on any atom is -0.493 e. The van der Waals surface area contributed by atoms with Crippen LogP contribution in [0.3, 0.4) is 0 Å². The fourth-order valence-electron chi connectivity index (χ4n) is 4.37. The first-order valence-corrected chi connectivity index (χ1v) is 12.4. The van der Waals surface area contributed by atoms with Gasteiger partial charge in [0.1, 0.15) is 11.8 Å². The predicted molar refractivity (Wildman–Crippen MR) is 132 cm³/mol. The third-order valence-electron chi connectivity index (χ3n) is 6.24. The number of carbonyl (C=O) groups excluding carboxylic acids is 2. The standard InChI is InChI=1S/C24H27N5O6S/c1-32-18-9-13(10-19(33-2)21(18)34-3)15-11-16(28-27-15)23(31)29-7-6-14-20(12-29)36-24(25-14)26-22(30)17-5-4-8-35-17/h9-11,17H,4-8,12H2,1-3H3,(H,27,28)(H,25,26,30). The molecule has 0 radical (unpaired) electrons. The summed E-state index contributed by atoms with van der Waals surface area (Å²) in [6.45, 7) is 1.55. The van der Waals surface area contributed by atoms with Crippen LogP contribution in [0.2, 0.25) is 0 Å². The van der Waals surface area contributed by atoms with Gasteiger partial charge in [0.05, 0.1) is 39.3 Å². The second-order valence-corrected chi connectivity index (χ2v) is 9.52. The highest BCUT2D eigenvalue weighted by atomic mass is 32.1. The lowest BCUT2D eigenvalue weighted by Crippen LogP contribution is -2.35. The number of methoxy groups -OCH3 is 3. The van der Waals surface area contributed by atoms with E-state index in [1.54, 1.807) is 44.4 Å². The van der Waals surface area contributed by atoms with Crippen molar-refractivity contribution in [1.29, 1.82) is 0 Å². The first-order chi connectivity index (χ1) is 17.5. The Balaban J connectivity index is 1.29. The van der Waals surface area contributed by atoms with E-state index in [0.29, 0.717) is 59.9 Å². The van der Waals surface area contributed by atoms with Crippen LogP contribution < -0.4 is 19.5 Å². The van der Waals surface area contributed by atoms with Crippen molar-refractivity contribution in [2.24, 2.45) is 0 Å². The summed E-state index contributed by atoms with van der Waals surface area (Å²) in [7, 11) is 4.63. The number of nitrogens with one attached hydrogen (secondary N) is 2. The molecule has 1 aromatic carbocycles. The zero-order chi connectivity index (χ0) is 25.2. The van der Waals surface area contributed by atoms with E-state index in [9.17, 15) is 9.59 Å². The molecule has 1 atom stereocenters. The average Bonchev–Trinajstić information content (AvgIpc) is 3.67. The number of aromatic amines is 1. The van der Waals surface area contributed by atoms with Crippen LogP contribution in [0.4, 0.5) is 5.13 Å². The third-order valence-corrected chi connectivity index (χ3v) is 7.24. The molecule has 2 aliphatic heterocycles. The summed E-state index contributed by atoms with van der Waals surface area (Å²) in [5.74, 6) is 1.15. The van der Waals surface area contributed by atoms with E-state index in [1.807, 2.05) is 0 Å². The molecule has 0 spiro atoms. The van der Waals surface area contributed by atoms with Crippen molar-refractivity contribution in [2.45, 2.75) is 31.9 Å². The van der Waals surface area contributed by atoms with Crippen LogP contribution in [0.5, 0.6) is 17.2 Å². The molecule has 0 aliphatic carbocycles. The Morgan fingerprint density at radius 2 is 1.94 bits per heavy atom. The number of carbonyl (C=O) groups is 2. The van der Waals surface area contributed by atoms with Gasteiger partial charge in [-0.3, -0.25) is 20.0 Å². The molecule has 190 valence electrons. The number of aromatic nitrogens is 3. The second kappa shape index (κ2) is 10.2. The van der Waals surface area contributed by atoms with Gasteiger partial charge in [-0.2, -0.15) is 5.10 Å². The number of fused-ring (bicyclic) bond motifs is 1. The van der Waals surface area contributed by atoms with Crippen LogP contribution in [-0.4, -0.2) is 72.5 Å². The number of thiazole rings is 1. The smallest absolute Gasteiger partial charge is 0.272 e. The predicted octanol–water partition coefficient (Wildman–Crippen LogP) is 2.88. The van der Waals surface area contributed by atoms with E-state index in [1.165, 1.54) is 11.3 Å². The molecule has 12 heteroatoms. The number of hydrogen-bond acceptors (Lipinski definition) is 9. The fraction of sp³-hybridized carbons (Fsp3) is 0.417. The average molecular weight is 514 g/mol. The van der Waals surface area contributed by atoms with Gasteiger partial charge in [-0.15, -0.1) is 0 Å². The molecule has 2 N–H and O–H groups in total. The maximum atomic E-state index is 13.2. The molecule has 2 aromatic heterocycles. The summed E-state index contributed by atoms with van der Waals surface area (Å²) in [6.07, 6.45) is 1.81. The summed E-state index contributed by atoms with van der Waals surface area (Å²) < 4.78 is 21.7. The Kier molecular flexibility index (Phi) is 6.79. The molecule has 0 bridgehead atoms. The molecule has 2 aliphatic rings. The van der Waals surface area contributed by atoms with E-state index in [4.69, 9.17) is 18.9 Å². The van der Waals surface area contributed by atoms with Gasteiger partial charge in [-0.25, -0.2) is 4.98 Å². The number of nitrogens with zero attached hydrogens (tertiary/aromatic N) is 3. The van der Waals surface area contributed by atoms with Crippen molar-refractivity contribution < 1.29 is 28.5 Å². The van der Waals surface area contributed by atoms with Crippen molar-refractivity contribution in [1.82, 2.24) is 20.1 Å². The van der Waals surface area contributed by atoms with Crippen molar-refractivity contribution >= 4 is 28.3 Å². The normalized spacial score (nSPS) is 17.0. The molecule has 1 saturated heterocycles. The van der Waals surface area contributed by atoms with Crippen LogP contribution in [0.15, 0.2) is 18.2 Å². The number of amides is 2. The Morgan fingerprint density at radius 3 is 2.61 bits per heavy atom. The molecule has 3 aromatic rings. The molecule has 11 nitrogen and oxygen atoms in total. The number of rotatable bonds is 7. The molecule has 2 amide bonds. The van der Waals surface area contributed by atoms with E-state index in [0.717, 1.165) is 29.0 Å². The lowest BCUT2D eigenvalue weighted by molar-refractivity contribution is -0.124. The van der Waals surface area contributed by atoms with Crippen LogP contribution >= 0.6 is 11.3 Å². The second-order valence-electron chi connectivity index (χ2n) is 8.44. The summed E-state index contributed by atoms with van der Waals surface area (Å²) in [5, 5.41) is 10.6. The first-order valence-electron chi connectivity index (χ1n) is 11.6. The van der Waals surface area contributed by atoms with Gasteiger partial charge in [0.2, 0.25) is 5.75 Å². The number of anilines is 1. The van der Waals surface area contributed by atoms with Gasteiger partial charge in [-0.05, 0) is 31.0 Å². The largest absolute Gasteiger partial charge is 0.493 e. The molecule has 36 heavy (non-hydrogen) atoms. The molecular formula is C24H27N5O6S. The Bertz CT molecular complexity index is 1260. The highest BCUT2D eigenvalue weighted by molar-refractivity contribution is 7.15. The quantitative estimate of drug-likeness (QED) is 0.494. The van der Waals surface area contributed by atoms with E-state index in [-0.39, 0.29) is 11.8 Å². The molecular weight excluding hydrogens is 486 g/mol. The van der Waals surface area contributed by atoms with E-state index < -0.39 is 6.10 Å². The van der Waals surface area contributed by atoms with Gasteiger partial charge in [0, 0.05) is 30.0 Å². The minimum absolute atomic E-state index is 0.162. The van der Waals surface area contributed by atoms with Crippen LogP contribution in [0.25, 0.3) is 11.3 Å². The summed E-state index contributed by atoms with van der Waals surface area (Å²) in [5.41, 5.74) is 2.58.